The third kappa shape index (κ3) is 3.71. The van der Waals surface area contributed by atoms with Crippen molar-refractivity contribution >= 4 is 18.0 Å². The van der Waals surface area contributed by atoms with Crippen molar-refractivity contribution < 1.29 is 9.63 Å². The molecule has 90 valence electrons. The van der Waals surface area contributed by atoms with E-state index in [2.05, 4.69) is 20.3 Å². The van der Waals surface area contributed by atoms with Gasteiger partial charge < -0.3 is 0 Å². The summed E-state index contributed by atoms with van der Waals surface area (Å²) in [4.78, 5) is 19.9. The van der Waals surface area contributed by atoms with Crippen LogP contribution in [0.25, 0.3) is 0 Å². The number of nitrogens with zero attached hydrogens (tertiary/aromatic N) is 2. The maximum absolute atomic E-state index is 11.3. The van der Waals surface area contributed by atoms with Gasteiger partial charge in [0.15, 0.2) is 0 Å². The molecule has 2 aromatic rings. The van der Waals surface area contributed by atoms with Gasteiger partial charge in [0.05, 0.1) is 6.21 Å². The minimum absolute atomic E-state index is 0.638. The Morgan fingerprint density at radius 2 is 2.06 bits per heavy atom. The number of carbonyl (C=O) groups is 1. The van der Waals surface area contributed by atoms with Gasteiger partial charge in [0.2, 0.25) is 0 Å². The van der Waals surface area contributed by atoms with Crippen molar-refractivity contribution in [2.75, 3.05) is 5.32 Å². The minimum atomic E-state index is -0.638. The second kappa shape index (κ2) is 6.15. The van der Waals surface area contributed by atoms with Crippen molar-refractivity contribution in [2.45, 2.75) is 0 Å². The van der Waals surface area contributed by atoms with E-state index in [1.165, 1.54) is 6.21 Å². The fourth-order valence-corrected chi connectivity index (χ4v) is 1.25. The quantitative estimate of drug-likeness (QED) is 0.510. The number of pyridine rings is 1. The molecule has 0 aliphatic carbocycles. The summed E-state index contributed by atoms with van der Waals surface area (Å²) in [5, 5.41) is 6.10. The molecule has 0 saturated heterocycles. The van der Waals surface area contributed by atoms with Crippen LogP contribution in [-0.4, -0.2) is 17.3 Å². The van der Waals surface area contributed by atoms with Crippen molar-refractivity contribution in [3.8, 4) is 0 Å². The highest BCUT2D eigenvalue weighted by molar-refractivity contribution is 5.85. The van der Waals surface area contributed by atoms with Crippen LogP contribution in [-0.2, 0) is 4.84 Å². The first-order valence-electron chi connectivity index (χ1n) is 5.31. The number of aromatic nitrogens is 1. The summed E-state index contributed by atoms with van der Waals surface area (Å²) >= 11 is 0. The molecule has 0 saturated carbocycles. The molecule has 0 atom stereocenters. The number of rotatable bonds is 3. The van der Waals surface area contributed by atoms with Crippen LogP contribution in [0.2, 0.25) is 0 Å². The van der Waals surface area contributed by atoms with Gasteiger partial charge in [0.1, 0.15) is 0 Å². The van der Waals surface area contributed by atoms with Gasteiger partial charge in [0.25, 0.3) is 0 Å². The van der Waals surface area contributed by atoms with E-state index >= 15 is 0 Å². The summed E-state index contributed by atoms with van der Waals surface area (Å²) in [5.74, 6) is 0. The Labute approximate surface area is 104 Å². The Morgan fingerprint density at radius 3 is 2.78 bits per heavy atom. The Morgan fingerprint density at radius 1 is 1.22 bits per heavy atom. The third-order valence-electron chi connectivity index (χ3n) is 2.04. The first-order chi connectivity index (χ1) is 8.84. The first kappa shape index (κ1) is 11.8. The Bertz CT molecular complexity index is 526. The minimum Gasteiger partial charge on any atom is -0.298 e. The fourth-order valence-electron chi connectivity index (χ4n) is 1.25. The molecule has 0 radical (unpaired) electrons. The maximum Gasteiger partial charge on any atom is 0.437 e. The summed E-state index contributed by atoms with van der Waals surface area (Å²) in [6.45, 7) is 0. The van der Waals surface area contributed by atoms with E-state index in [1.807, 2.05) is 18.2 Å². The number of nitrogens with one attached hydrogen (secondary N) is 1. The Balaban J connectivity index is 1.84. The van der Waals surface area contributed by atoms with E-state index in [9.17, 15) is 4.79 Å². The first-order valence-corrected chi connectivity index (χ1v) is 5.31. The highest BCUT2D eigenvalue weighted by Gasteiger charge is 2.00. The molecular weight excluding hydrogens is 230 g/mol. The molecule has 2 rings (SSSR count). The van der Waals surface area contributed by atoms with E-state index in [0.717, 1.165) is 5.56 Å². The molecular formula is C13H11N3O2. The molecule has 0 unspecified atom stereocenters. The van der Waals surface area contributed by atoms with Crippen LogP contribution in [0.1, 0.15) is 5.56 Å². The average molecular weight is 241 g/mol. The highest BCUT2D eigenvalue weighted by atomic mass is 16.7. The van der Waals surface area contributed by atoms with Gasteiger partial charge in [0, 0.05) is 23.6 Å². The van der Waals surface area contributed by atoms with Gasteiger partial charge >= 0.3 is 6.09 Å². The van der Waals surface area contributed by atoms with Crippen LogP contribution < -0.4 is 5.32 Å². The molecule has 1 aromatic heterocycles. The van der Waals surface area contributed by atoms with Crippen LogP contribution >= 0.6 is 0 Å². The van der Waals surface area contributed by atoms with Crippen LogP contribution in [0.3, 0.4) is 0 Å². The molecule has 0 bridgehead atoms. The van der Waals surface area contributed by atoms with E-state index in [-0.39, 0.29) is 0 Å². The zero-order valence-corrected chi connectivity index (χ0v) is 9.48. The summed E-state index contributed by atoms with van der Waals surface area (Å²) < 4.78 is 0. The number of amides is 1. The Hall–Kier alpha value is -2.69. The van der Waals surface area contributed by atoms with Crippen molar-refractivity contribution in [2.24, 2.45) is 5.16 Å². The number of oxime groups is 1. The number of hydrogen-bond donors (Lipinski definition) is 1. The van der Waals surface area contributed by atoms with E-state index in [4.69, 9.17) is 0 Å². The zero-order valence-electron chi connectivity index (χ0n) is 9.48. The summed E-state index contributed by atoms with van der Waals surface area (Å²) in [7, 11) is 0. The summed E-state index contributed by atoms with van der Waals surface area (Å²) in [6.07, 6.45) is 4.04. The molecule has 0 fully saturated rings. The lowest BCUT2D eigenvalue weighted by Crippen LogP contribution is -2.10. The largest absolute Gasteiger partial charge is 0.437 e. The monoisotopic (exact) mass is 241 g/mol. The molecule has 0 spiro atoms. The molecule has 1 amide bonds. The lowest BCUT2D eigenvalue weighted by molar-refractivity contribution is 0.167. The molecule has 0 aliphatic rings. The molecule has 0 aliphatic heterocycles. The number of benzene rings is 1. The predicted molar refractivity (Wildman–Crippen MR) is 68.4 cm³/mol. The molecule has 18 heavy (non-hydrogen) atoms. The van der Waals surface area contributed by atoms with Gasteiger partial charge in [-0.05, 0) is 18.2 Å². The smallest absolute Gasteiger partial charge is 0.298 e. The van der Waals surface area contributed by atoms with Crippen LogP contribution in [0.4, 0.5) is 10.5 Å². The van der Waals surface area contributed by atoms with E-state index in [0.29, 0.717) is 5.69 Å². The molecule has 1 heterocycles. The average Bonchev–Trinajstić information content (AvgIpc) is 2.41. The topological polar surface area (TPSA) is 63.6 Å². The number of anilines is 1. The van der Waals surface area contributed by atoms with Crippen molar-refractivity contribution in [3.63, 3.8) is 0 Å². The molecule has 5 heteroatoms. The standard InChI is InChI=1S/C13H11N3O2/c17-13(16-12-6-2-1-3-7-12)18-15-10-11-5-4-8-14-9-11/h1-10H,(H,16,17)/b15-10+. The highest BCUT2D eigenvalue weighted by Crippen LogP contribution is 2.05. The maximum atomic E-state index is 11.3. The predicted octanol–water partition coefficient (Wildman–Crippen LogP) is 2.66. The summed E-state index contributed by atoms with van der Waals surface area (Å²) in [5.41, 5.74) is 1.41. The van der Waals surface area contributed by atoms with Crippen LogP contribution in [0.5, 0.6) is 0 Å². The normalized spacial score (nSPS) is 10.2. The SMILES string of the molecule is O=C(Nc1ccccc1)O/N=C/c1cccnc1. The zero-order chi connectivity index (χ0) is 12.6. The van der Waals surface area contributed by atoms with Gasteiger partial charge in [-0.2, -0.15) is 0 Å². The van der Waals surface area contributed by atoms with Crippen molar-refractivity contribution in [1.82, 2.24) is 4.98 Å². The third-order valence-corrected chi connectivity index (χ3v) is 2.04. The van der Waals surface area contributed by atoms with Crippen LogP contribution in [0, 0.1) is 0 Å². The number of carbonyl (C=O) groups excluding carboxylic acids is 1. The number of hydrogen-bond acceptors (Lipinski definition) is 4. The number of para-hydroxylation sites is 1. The van der Waals surface area contributed by atoms with Gasteiger partial charge in [-0.1, -0.05) is 29.4 Å². The van der Waals surface area contributed by atoms with Gasteiger partial charge in [-0.3, -0.25) is 15.1 Å². The molecule has 1 aromatic carbocycles. The fraction of sp³-hybridized carbons (Fsp3) is 0. The van der Waals surface area contributed by atoms with Crippen molar-refractivity contribution in [1.29, 1.82) is 0 Å². The lowest BCUT2D eigenvalue weighted by Gasteiger charge is -2.01. The van der Waals surface area contributed by atoms with Gasteiger partial charge in [-0.25, -0.2) is 4.79 Å². The lowest BCUT2D eigenvalue weighted by atomic mass is 10.3. The molecule has 5 nitrogen and oxygen atoms in total. The second-order valence-corrected chi connectivity index (χ2v) is 3.39. The van der Waals surface area contributed by atoms with E-state index in [1.54, 1.807) is 36.7 Å². The van der Waals surface area contributed by atoms with Crippen LogP contribution in [0.15, 0.2) is 60.0 Å². The van der Waals surface area contributed by atoms with Crippen molar-refractivity contribution in [3.05, 3.63) is 60.4 Å². The van der Waals surface area contributed by atoms with Gasteiger partial charge in [-0.15, -0.1) is 0 Å². The Kier molecular flexibility index (Phi) is 4.02. The van der Waals surface area contributed by atoms with E-state index < -0.39 is 6.09 Å². The molecule has 1 N–H and O–H groups in total. The summed E-state index contributed by atoms with van der Waals surface area (Å²) in [6, 6.07) is 12.6. The second-order valence-electron chi connectivity index (χ2n) is 3.39.